The summed E-state index contributed by atoms with van der Waals surface area (Å²) in [4.78, 5) is 0. The van der Waals surface area contributed by atoms with Crippen molar-refractivity contribution in [2.45, 2.75) is 52.0 Å². The zero-order valence-electron chi connectivity index (χ0n) is 10.3. The summed E-state index contributed by atoms with van der Waals surface area (Å²) in [5, 5.41) is 9.02. The first-order chi connectivity index (χ1) is 6.68. The van der Waals surface area contributed by atoms with Gasteiger partial charge in [0.1, 0.15) is 0 Å². The van der Waals surface area contributed by atoms with Gasteiger partial charge in [-0.2, -0.15) is 0 Å². The second-order valence-corrected chi connectivity index (χ2v) is 7.66. The fourth-order valence-corrected chi connectivity index (χ4v) is 5.31. The average molecular weight is 235 g/mol. The molecule has 1 fully saturated rings. The molecule has 0 bridgehead atoms. The van der Waals surface area contributed by atoms with Crippen LogP contribution in [0.15, 0.2) is 0 Å². The topological polar surface area (TPSA) is 49.8 Å². The quantitative estimate of drug-likeness (QED) is 0.763. The van der Waals surface area contributed by atoms with Crippen molar-refractivity contribution in [2.24, 2.45) is 0 Å². The van der Waals surface area contributed by atoms with E-state index in [1.807, 2.05) is 27.7 Å². The van der Waals surface area contributed by atoms with E-state index in [-0.39, 0.29) is 0 Å². The SMILES string of the molecule is CCN(CC)P1(=O)OC(C)(C)C[C@@]1(C)O. The largest absolute Gasteiger partial charge is 0.378 e. The van der Waals surface area contributed by atoms with Crippen LogP contribution in [0.1, 0.15) is 41.0 Å². The van der Waals surface area contributed by atoms with Crippen molar-refractivity contribution in [1.82, 2.24) is 4.67 Å². The molecule has 1 saturated heterocycles. The molecule has 0 spiro atoms. The van der Waals surface area contributed by atoms with Gasteiger partial charge < -0.3 is 9.63 Å². The molecule has 4 nitrogen and oxygen atoms in total. The number of hydrogen-bond acceptors (Lipinski definition) is 3. The highest BCUT2D eigenvalue weighted by atomic mass is 31.2. The van der Waals surface area contributed by atoms with Crippen molar-refractivity contribution >= 4 is 7.52 Å². The standard InChI is InChI=1S/C10H22NO3P/c1-6-11(7-2)15(13)10(5,12)8-9(3,4)14-15/h12H,6-8H2,1-5H3/t10-,15?/m0/s1. The van der Waals surface area contributed by atoms with E-state index in [1.54, 1.807) is 11.6 Å². The van der Waals surface area contributed by atoms with Crippen LogP contribution < -0.4 is 0 Å². The fraction of sp³-hybridized carbons (Fsp3) is 1.00. The summed E-state index contributed by atoms with van der Waals surface area (Å²) in [6.45, 7) is 10.4. The molecular weight excluding hydrogens is 213 g/mol. The minimum absolute atomic E-state index is 0.410. The molecule has 0 amide bonds. The summed E-state index contributed by atoms with van der Waals surface area (Å²) in [6.07, 6.45) is 0.410. The Kier molecular flexibility index (Phi) is 3.38. The number of rotatable bonds is 3. The Morgan fingerprint density at radius 2 is 1.80 bits per heavy atom. The molecule has 1 N–H and O–H groups in total. The monoisotopic (exact) mass is 235 g/mol. The Morgan fingerprint density at radius 3 is 2.07 bits per heavy atom. The minimum atomic E-state index is -3.12. The van der Waals surface area contributed by atoms with Crippen LogP contribution in [-0.2, 0) is 9.09 Å². The Bertz CT molecular complexity index is 284. The van der Waals surface area contributed by atoms with Gasteiger partial charge in [-0.3, -0.25) is 4.57 Å². The molecule has 0 radical (unpaired) electrons. The first kappa shape index (κ1) is 13.2. The van der Waals surface area contributed by atoms with E-state index in [0.717, 1.165) is 0 Å². The van der Waals surface area contributed by atoms with Gasteiger partial charge in [-0.1, -0.05) is 13.8 Å². The van der Waals surface area contributed by atoms with E-state index in [2.05, 4.69) is 0 Å². The molecule has 2 atom stereocenters. The molecule has 0 aromatic rings. The summed E-state index contributed by atoms with van der Waals surface area (Å²) in [7, 11) is -3.12. The first-order valence-electron chi connectivity index (χ1n) is 5.47. The second-order valence-electron chi connectivity index (χ2n) is 4.90. The lowest BCUT2D eigenvalue weighted by Gasteiger charge is -2.33. The van der Waals surface area contributed by atoms with Crippen LogP contribution in [0.2, 0.25) is 0 Å². The summed E-state index contributed by atoms with van der Waals surface area (Å²) < 4.78 is 20.1. The van der Waals surface area contributed by atoms with E-state index >= 15 is 0 Å². The van der Waals surface area contributed by atoms with Crippen LogP contribution in [0.3, 0.4) is 0 Å². The van der Waals surface area contributed by atoms with E-state index in [9.17, 15) is 9.67 Å². The van der Waals surface area contributed by atoms with Crippen molar-refractivity contribution in [3.8, 4) is 0 Å². The molecule has 90 valence electrons. The predicted molar refractivity (Wildman–Crippen MR) is 60.9 cm³/mol. The molecule has 1 unspecified atom stereocenters. The Hall–Kier alpha value is 0.110. The zero-order valence-corrected chi connectivity index (χ0v) is 11.2. The molecule has 0 aromatic carbocycles. The highest BCUT2D eigenvalue weighted by molar-refractivity contribution is 7.58. The van der Waals surface area contributed by atoms with Gasteiger partial charge in [0.15, 0.2) is 5.34 Å². The van der Waals surface area contributed by atoms with E-state index in [4.69, 9.17) is 4.52 Å². The van der Waals surface area contributed by atoms with E-state index < -0.39 is 18.5 Å². The van der Waals surface area contributed by atoms with Gasteiger partial charge in [-0.05, 0) is 20.8 Å². The van der Waals surface area contributed by atoms with Gasteiger partial charge in [0, 0.05) is 19.5 Å². The predicted octanol–water partition coefficient (Wildman–Crippen LogP) is 2.43. The zero-order chi connectivity index (χ0) is 11.9. The minimum Gasteiger partial charge on any atom is -0.378 e. The summed E-state index contributed by atoms with van der Waals surface area (Å²) in [5.74, 6) is 0. The van der Waals surface area contributed by atoms with Crippen LogP contribution in [-0.4, -0.2) is 33.8 Å². The molecule has 0 aliphatic carbocycles. The molecule has 1 aliphatic heterocycles. The third-order valence-corrected chi connectivity index (χ3v) is 6.27. The highest BCUT2D eigenvalue weighted by Crippen LogP contribution is 2.70. The Labute approximate surface area is 92.1 Å². The smallest absolute Gasteiger partial charge is 0.303 e. The third-order valence-electron chi connectivity index (χ3n) is 2.84. The van der Waals surface area contributed by atoms with Crippen molar-refractivity contribution in [3.05, 3.63) is 0 Å². The Balaban J connectivity index is 3.07. The lowest BCUT2D eigenvalue weighted by atomic mass is 10.0. The van der Waals surface area contributed by atoms with Crippen LogP contribution in [0.5, 0.6) is 0 Å². The lowest BCUT2D eigenvalue weighted by molar-refractivity contribution is 0.0930. The summed E-state index contributed by atoms with van der Waals surface area (Å²) in [6, 6.07) is 0. The van der Waals surface area contributed by atoms with Gasteiger partial charge in [0.25, 0.3) is 0 Å². The van der Waals surface area contributed by atoms with Crippen molar-refractivity contribution in [2.75, 3.05) is 13.1 Å². The van der Waals surface area contributed by atoms with Crippen molar-refractivity contribution < 1.29 is 14.2 Å². The Morgan fingerprint density at radius 1 is 1.33 bits per heavy atom. The molecule has 15 heavy (non-hydrogen) atoms. The third kappa shape index (κ3) is 2.14. The number of hydrogen-bond donors (Lipinski definition) is 1. The first-order valence-corrected chi connectivity index (χ1v) is 7.05. The number of nitrogens with zero attached hydrogens (tertiary/aromatic N) is 1. The summed E-state index contributed by atoms with van der Waals surface area (Å²) >= 11 is 0. The van der Waals surface area contributed by atoms with Gasteiger partial charge >= 0.3 is 7.52 Å². The maximum absolute atomic E-state index is 12.7. The van der Waals surface area contributed by atoms with E-state index in [1.165, 1.54) is 0 Å². The normalized spacial score (nSPS) is 39.9. The molecule has 0 aromatic heterocycles. The highest BCUT2D eigenvalue weighted by Gasteiger charge is 2.59. The molecule has 1 rings (SSSR count). The van der Waals surface area contributed by atoms with Gasteiger partial charge in [0.05, 0.1) is 5.60 Å². The van der Waals surface area contributed by atoms with Crippen LogP contribution in [0, 0.1) is 0 Å². The molecule has 1 heterocycles. The summed E-state index contributed by atoms with van der Waals surface area (Å²) in [5.41, 5.74) is -0.512. The average Bonchev–Trinajstić information content (AvgIpc) is 2.18. The van der Waals surface area contributed by atoms with Crippen LogP contribution in [0.25, 0.3) is 0 Å². The maximum Gasteiger partial charge on any atom is 0.303 e. The van der Waals surface area contributed by atoms with Crippen LogP contribution >= 0.6 is 7.52 Å². The van der Waals surface area contributed by atoms with Gasteiger partial charge in [-0.15, -0.1) is 0 Å². The second kappa shape index (κ2) is 3.85. The fourth-order valence-electron chi connectivity index (χ4n) is 2.33. The molecule has 5 heteroatoms. The van der Waals surface area contributed by atoms with Crippen LogP contribution in [0.4, 0.5) is 0 Å². The van der Waals surface area contributed by atoms with Crippen molar-refractivity contribution in [3.63, 3.8) is 0 Å². The van der Waals surface area contributed by atoms with Gasteiger partial charge in [-0.25, -0.2) is 4.67 Å². The molecular formula is C10H22NO3P. The lowest BCUT2D eigenvalue weighted by Crippen LogP contribution is -2.31. The maximum atomic E-state index is 12.7. The van der Waals surface area contributed by atoms with E-state index in [0.29, 0.717) is 19.5 Å². The molecule has 0 saturated carbocycles. The van der Waals surface area contributed by atoms with Crippen molar-refractivity contribution in [1.29, 1.82) is 0 Å². The molecule has 1 aliphatic rings. The number of aliphatic hydroxyl groups is 1. The van der Waals surface area contributed by atoms with Gasteiger partial charge in [0.2, 0.25) is 0 Å².